The van der Waals surface area contributed by atoms with Crippen LogP contribution in [0.15, 0.2) is 60.8 Å². The molecule has 0 saturated carbocycles. The van der Waals surface area contributed by atoms with Gasteiger partial charge in [0.25, 0.3) is 17.7 Å². The molecule has 3 aliphatic rings. The zero-order valence-corrected chi connectivity index (χ0v) is 41.9. The third-order valence-electron chi connectivity index (χ3n) is 12.5. The molecule has 4 amide bonds. The monoisotopic (exact) mass is 988 g/mol. The minimum absolute atomic E-state index is 0.0840. The second-order valence-electron chi connectivity index (χ2n) is 20.1. The fourth-order valence-corrected chi connectivity index (χ4v) is 9.17. The fraction of sp³-hybridized carbons (Fsp3) is 0.469. The van der Waals surface area contributed by atoms with E-state index >= 15 is 4.39 Å². The van der Waals surface area contributed by atoms with Crippen molar-refractivity contribution in [2.45, 2.75) is 115 Å². The third-order valence-corrected chi connectivity index (χ3v) is 14.9. The molecule has 0 radical (unpaired) electrons. The maximum Gasteiger partial charge on any atom is 0.264 e. The van der Waals surface area contributed by atoms with Crippen molar-refractivity contribution < 1.29 is 36.7 Å². The quantitative estimate of drug-likeness (QED) is 0.0559. The molecule has 4 heterocycles. The number of aromatic nitrogens is 2. The lowest BCUT2D eigenvalue weighted by Gasteiger charge is -2.36. The number of hydrogen-bond donors (Lipinski definition) is 6. The lowest BCUT2D eigenvalue weighted by Crippen LogP contribution is -2.52. The van der Waals surface area contributed by atoms with Crippen LogP contribution in [0.3, 0.4) is 0 Å². The average molecular weight is 990 g/mol. The van der Waals surface area contributed by atoms with Crippen LogP contribution in [0, 0.1) is 12.7 Å². The van der Waals surface area contributed by atoms with Gasteiger partial charge in [0, 0.05) is 61.0 Å². The minimum atomic E-state index is -3.74. The van der Waals surface area contributed by atoms with Gasteiger partial charge in [0.15, 0.2) is 0 Å². The van der Waals surface area contributed by atoms with Crippen molar-refractivity contribution in [1.29, 1.82) is 0 Å². The number of rotatable bonds is 17. The molecule has 1 unspecified atom stereocenters. The predicted octanol–water partition coefficient (Wildman–Crippen LogP) is 7.75. The van der Waals surface area contributed by atoms with Gasteiger partial charge in [0.2, 0.25) is 21.9 Å². The molecule has 17 nitrogen and oxygen atoms in total. The van der Waals surface area contributed by atoms with Crippen LogP contribution >= 0.6 is 11.6 Å². The summed E-state index contributed by atoms with van der Waals surface area (Å²) in [7, 11) is -3.74. The van der Waals surface area contributed by atoms with Crippen LogP contribution in [0.2, 0.25) is 5.02 Å². The first kappa shape index (κ1) is 51.0. The van der Waals surface area contributed by atoms with Crippen LogP contribution in [0.1, 0.15) is 117 Å². The lowest BCUT2D eigenvalue weighted by atomic mass is 9.99. The van der Waals surface area contributed by atoms with Crippen LogP contribution in [0.5, 0.6) is 0 Å². The van der Waals surface area contributed by atoms with Crippen molar-refractivity contribution in [2.75, 3.05) is 53.5 Å². The van der Waals surface area contributed by atoms with E-state index in [9.17, 15) is 27.6 Å². The average Bonchev–Trinajstić information content (AvgIpc) is 3.53. The Hall–Kier alpha value is -5.89. The summed E-state index contributed by atoms with van der Waals surface area (Å²) in [5.41, 5.74) is 1.60. The summed E-state index contributed by atoms with van der Waals surface area (Å²) in [5.74, 6) is -1.88. The summed E-state index contributed by atoms with van der Waals surface area (Å²) in [5, 5.41) is 15.6. The Morgan fingerprint density at radius 3 is 2.33 bits per heavy atom. The zero-order chi connectivity index (χ0) is 50.1. The number of amides is 4. The molecule has 2 saturated heterocycles. The topological polar surface area (TPSA) is 216 Å². The Morgan fingerprint density at radius 2 is 1.64 bits per heavy atom. The molecule has 2 fully saturated rings. The zero-order valence-electron chi connectivity index (χ0n) is 40.3. The highest BCUT2D eigenvalue weighted by atomic mass is 35.5. The van der Waals surface area contributed by atoms with Crippen molar-refractivity contribution >= 4 is 79.8 Å². The fourth-order valence-electron chi connectivity index (χ4n) is 8.18. The number of sulfonamides is 1. The van der Waals surface area contributed by atoms with E-state index < -0.39 is 55.5 Å². The summed E-state index contributed by atoms with van der Waals surface area (Å²) in [4.78, 5) is 65.1. The van der Waals surface area contributed by atoms with Gasteiger partial charge in [-0.15, -0.1) is 0 Å². The molecule has 3 aromatic carbocycles. The van der Waals surface area contributed by atoms with Gasteiger partial charge in [0.05, 0.1) is 49.9 Å². The van der Waals surface area contributed by atoms with E-state index in [1.54, 1.807) is 76.4 Å². The highest BCUT2D eigenvalue weighted by Crippen LogP contribution is 2.35. The largest absolute Gasteiger partial charge is 0.377 e. The van der Waals surface area contributed by atoms with Crippen molar-refractivity contribution in [2.24, 2.45) is 0 Å². The predicted molar refractivity (Wildman–Crippen MR) is 266 cm³/mol. The van der Waals surface area contributed by atoms with Crippen molar-refractivity contribution in [3.8, 4) is 0 Å². The number of nitrogens with zero attached hydrogens (tertiary/aromatic N) is 4. The Kier molecular flexibility index (Phi) is 14.9. The Labute approximate surface area is 408 Å². The minimum Gasteiger partial charge on any atom is -0.377 e. The molecule has 7 rings (SSSR count). The molecule has 3 aliphatic heterocycles. The van der Waals surface area contributed by atoms with Crippen molar-refractivity contribution in [3.05, 3.63) is 93.9 Å². The number of ether oxygens (including phenoxy) is 1. The van der Waals surface area contributed by atoms with Crippen molar-refractivity contribution in [3.63, 3.8) is 0 Å². The van der Waals surface area contributed by atoms with E-state index in [1.807, 2.05) is 27.7 Å². The molecule has 20 heteroatoms. The van der Waals surface area contributed by atoms with E-state index in [0.29, 0.717) is 67.3 Å². The molecule has 69 heavy (non-hydrogen) atoms. The second kappa shape index (κ2) is 20.2. The lowest BCUT2D eigenvalue weighted by molar-refractivity contribution is -0.126. The standard InChI is InChI=1S/C49H62ClFN10O7S/c1-29-27-53-46(57-41(29)54-32-15-17-35(50)38(26-32)59-69(66,67)47(2,3)4)56-31-14-16-33(36(51)25-31)42(62)55-30-18-22-60(23-19-30)24-20-49(7,8)68-28-48(5,6)58-37-12-9-11-34-40(37)45(65)61(44(34)64)39-13-10-21-52-43(39)63/h9,11-12,14-17,25-27,30,39,58-59H,10,13,18-24,28H2,1-8H3,(H,52,63)(H,55,62)(H2,53,54,56,57). The molecular weight excluding hydrogens is 927 g/mol. The summed E-state index contributed by atoms with van der Waals surface area (Å²) in [6.07, 6.45) is 4.83. The summed E-state index contributed by atoms with van der Waals surface area (Å²) < 4.78 is 49.0. The molecule has 4 aromatic rings. The number of anilines is 6. The van der Waals surface area contributed by atoms with Gasteiger partial charge >= 0.3 is 0 Å². The molecule has 0 aliphatic carbocycles. The first-order valence-electron chi connectivity index (χ1n) is 23.1. The molecule has 370 valence electrons. The Morgan fingerprint density at radius 1 is 0.928 bits per heavy atom. The molecule has 1 atom stereocenters. The Balaban J connectivity index is 0.862. The van der Waals surface area contributed by atoms with Gasteiger partial charge in [-0.2, -0.15) is 4.98 Å². The summed E-state index contributed by atoms with van der Waals surface area (Å²) >= 11 is 6.32. The summed E-state index contributed by atoms with van der Waals surface area (Å²) in [6.45, 7) is 17.6. The number of fused-ring (bicyclic) bond motifs is 1. The molecule has 0 spiro atoms. The van der Waals surface area contributed by atoms with Crippen LogP contribution in [-0.4, -0.2) is 113 Å². The van der Waals surface area contributed by atoms with E-state index in [1.165, 1.54) is 12.1 Å². The summed E-state index contributed by atoms with van der Waals surface area (Å²) in [6, 6.07) is 13.2. The number of nitrogens with one attached hydrogen (secondary N) is 6. The maximum absolute atomic E-state index is 15.5. The molecular formula is C49H62ClFN10O7S. The number of hydrogen-bond acceptors (Lipinski definition) is 13. The SMILES string of the molecule is Cc1cnc(Nc2ccc(C(=O)NC3CCN(CCC(C)(C)OCC(C)(C)Nc4cccc5c4C(=O)N(C4CCCNC4=O)C5=O)CC3)c(F)c2)nc1Nc1ccc(Cl)c(NS(=O)(=O)C(C)(C)C)c1. The number of carbonyl (C=O) groups is 4. The van der Waals surface area contributed by atoms with Gasteiger partial charge in [-0.1, -0.05) is 17.7 Å². The number of likely N-dealkylation sites (tertiary alicyclic amines) is 1. The smallest absolute Gasteiger partial charge is 0.264 e. The van der Waals surface area contributed by atoms with Crippen LogP contribution in [0.25, 0.3) is 0 Å². The maximum atomic E-state index is 15.5. The van der Waals surface area contributed by atoms with Gasteiger partial charge in [-0.3, -0.25) is 28.8 Å². The van der Waals surface area contributed by atoms with Crippen molar-refractivity contribution in [1.82, 2.24) is 30.4 Å². The van der Waals surface area contributed by atoms with E-state index in [4.69, 9.17) is 16.3 Å². The van der Waals surface area contributed by atoms with E-state index in [0.717, 1.165) is 31.0 Å². The molecule has 6 N–H and O–H groups in total. The Bertz CT molecular complexity index is 2740. The van der Waals surface area contributed by atoms with Gasteiger partial charge < -0.3 is 36.2 Å². The van der Waals surface area contributed by atoms with Crippen LogP contribution in [-0.2, 0) is 19.6 Å². The number of imide groups is 1. The highest BCUT2D eigenvalue weighted by Gasteiger charge is 2.45. The van der Waals surface area contributed by atoms with Crippen LogP contribution in [0.4, 0.5) is 38.9 Å². The normalized spacial score (nSPS) is 17.3. The van der Waals surface area contributed by atoms with E-state index in [2.05, 4.69) is 46.2 Å². The number of aryl methyl sites for hydroxylation is 1. The van der Waals surface area contributed by atoms with E-state index in [-0.39, 0.29) is 45.3 Å². The van der Waals surface area contributed by atoms with Crippen LogP contribution < -0.4 is 31.3 Å². The molecule has 1 aromatic heterocycles. The number of benzene rings is 3. The third kappa shape index (κ3) is 12.1. The highest BCUT2D eigenvalue weighted by molar-refractivity contribution is 7.94. The first-order chi connectivity index (χ1) is 32.4. The second-order valence-corrected chi connectivity index (χ2v) is 23.0. The van der Waals surface area contributed by atoms with Gasteiger partial charge in [-0.05, 0) is 136 Å². The first-order valence-corrected chi connectivity index (χ1v) is 25.0. The molecule has 0 bridgehead atoms. The van der Waals surface area contributed by atoms with Gasteiger partial charge in [0.1, 0.15) is 17.7 Å². The number of piperidine rings is 2. The number of carbonyl (C=O) groups excluding carboxylic acids is 4. The number of halogens is 2. The van der Waals surface area contributed by atoms with Gasteiger partial charge in [-0.25, -0.2) is 17.8 Å².